The molecule has 0 spiro atoms. The van der Waals surface area contributed by atoms with Crippen LogP contribution in [0.4, 0.5) is 23.1 Å². The Bertz CT molecular complexity index is 1160. The highest BCUT2D eigenvalue weighted by Crippen LogP contribution is 2.37. The Balaban J connectivity index is 1.71. The van der Waals surface area contributed by atoms with Gasteiger partial charge in [-0.25, -0.2) is 4.98 Å². The molecule has 0 fully saturated rings. The molecule has 3 rings (SSSR count). The molecule has 2 heterocycles. The van der Waals surface area contributed by atoms with E-state index in [1.165, 1.54) is 0 Å². The fraction of sp³-hybridized carbons (Fsp3) is 0.586. The van der Waals surface area contributed by atoms with E-state index in [0.717, 1.165) is 25.9 Å². The molecule has 2 unspecified atom stereocenters. The molecule has 0 radical (unpaired) electrons. The van der Waals surface area contributed by atoms with Crippen molar-refractivity contribution < 1.29 is 19.4 Å². The predicted molar refractivity (Wildman–Crippen MR) is 159 cm³/mol. The molecule has 0 saturated carbocycles. The van der Waals surface area contributed by atoms with Crippen LogP contribution >= 0.6 is 0 Å². The number of aliphatic hydroxyl groups is 1. The Kier molecular flexibility index (Phi) is 11.1. The molecule has 0 saturated heterocycles. The van der Waals surface area contributed by atoms with E-state index in [4.69, 9.17) is 9.72 Å². The predicted octanol–water partition coefficient (Wildman–Crippen LogP) is 3.41. The van der Waals surface area contributed by atoms with Crippen molar-refractivity contribution in [1.29, 1.82) is 0 Å². The Morgan fingerprint density at radius 3 is 2.60 bits per heavy atom. The van der Waals surface area contributed by atoms with Gasteiger partial charge in [0, 0.05) is 37.8 Å². The van der Waals surface area contributed by atoms with E-state index in [0.29, 0.717) is 47.4 Å². The molecule has 1 aliphatic rings. The maximum absolute atomic E-state index is 12.9. The zero-order chi connectivity index (χ0) is 29.4. The molecular formula is C29H45N7O4. The van der Waals surface area contributed by atoms with Crippen LogP contribution in [0.15, 0.2) is 24.4 Å². The first-order chi connectivity index (χ1) is 19.2. The van der Waals surface area contributed by atoms with Gasteiger partial charge < -0.3 is 30.3 Å². The summed E-state index contributed by atoms with van der Waals surface area (Å²) in [6.07, 6.45) is 4.12. The van der Waals surface area contributed by atoms with Crippen LogP contribution in [0.1, 0.15) is 64.2 Å². The minimum absolute atomic E-state index is 0.0292. The van der Waals surface area contributed by atoms with Crippen molar-refractivity contribution in [2.75, 3.05) is 55.5 Å². The van der Waals surface area contributed by atoms with Crippen LogP contribution < -0.4 is 25.2 Å². The molecule has 0 aliphatic carbocycles. The number of nitrogens with zero attached hydrogens (tertiary/aromatic N) is 5. The number of carbonyl (C=O) groups excluding carboxylic acids is 2. The van der Waals surface area contributed by atoms with Crippen LogP contribution in [0.5, 0.6) is 5.75 Å². The lowest BCUT2D eigenvalue weighted by Gasteiger charge is -2.42. The molecule has 1 aromatic heterocycles. The summed E-state index contributed by atoms with van der Waals surface area (Å²) in [7, 11) is 3.30. The highest BCUT2D eigenvalue weighted by Gasteiger charge is 2.38. The highest BCUT2D eigenvalue weighted by molar-refractivity contribution is 6.04. The first-order valence-electron chi connectivity index (χ1n) is 14.2. The monoisotopic (exact) mass is 555 g/mol. The van der Waals surface area contributed by atoms with Crippen LogP contribution in [0, 0.1) is 0 Å². The molecule has 1 aromatic carbocycles. The maximum Gasteiger partial charge on any atom is 0.251 e. The standard InChI is InChI=1S/C29H45N7O4/c1-8-14-35(20(5)18-37)15-10-13-30-27(38)21-11-12-22(25(16-21)40-7)32-29-31-17-24-26(33-29)36(19(3)4)23(9-2)28(39)34(24)6/h11-12,16-17,19-20,23,37H,8-10,13-15,18H2,1-7H3,(H,30,38)(H,31,32,33). The summed E-state index contributed by atoms with van der Waals surface area (Å²) in [5.74, 6) is 1.40. The third kappa shape index (κ3) is 7.00. The minimum atomic E-state index is -0.291. The molecule has 0 bridgehead atoms. The lowest BCUT2D eigenvalue weighted by molar-refractivity contribution is -0.120. The number of aromatic nitrogens is 2. The van der Waals surface area contributed by atoms with Gasteiger partial charge in [-0.2, -0.15) is 4.98 Å². The van der Waals surface area contributed by atoms with Gasteiger partial charge in [-0.1, -0.05) is 13.8 Å². The lowest BCUT2D eigenvalue weighted by Crippen LogP contribution is -2.54. The average Bonchev–Trinajstić information content (AvgIpc) is 2.95. The SMILES string of the molecule is CCCN(CCCNC(=O)c1ccc(Nc2ncc3c(n2)N(C(C)C)C(CC)C(=O)N3C)c(OC)c1)C(C)CO. The summed E-state index contributed by atoms with van der Waals surface area (Å²) in [5.41, 5.74) is 1.77. The number of nitrogens with one attached hydrogen (secondary N) is 2. The van der Waals surface area contributed by atoms with Crippen LogP contribution in [0.2, 0.25) is 0 Å². The fourth-order valence-corrected chi connectivity index (χ4v) is 5.04. The van der Waals surface area contributed by atoms with Crippen LogP contribution in [-0.2, 0) is 4.79 Å². The quantitative estimate of drug-likeness (QED) is 0.301. The van der Waals surface area contributed by atoms with Crippen molar-refractivity contribution in [2.24, 2.45) is 0 Å². The Labute approximate surface area is 237 Å². The number of benzene rings is 1. The fourth-order valence-electron chi connectivity index (χ4n) is 5.04. The molecule has 11 nitrogen and oxygen atoms in total. The molecule has 1 aliphatic heterocycles. The van der Waals surface area contributed by atoms with Gasteiger partial charge in [0.05, 0.1) is 25.6 Å². The van der Waals surface area contributed by atoms with Crippen molar-refractivity contribution in [3.63, 3.8) is 0 Å². The Hall–Kier alpha value is -3.44. The molecule has 3 N–H and O–H groups in total. The third-order valence-electron chi connectivity index (χ3n) is 7.27. The first-order valence-corrected chi connectivity index (χ1v) is 14.2. The molecule has 2 aromatic rings. The molecule has 40 heavy (non-hydrogen) atoms. The Morgan fingerprint density at radius 1 is 1.23 bits per heavy atom. The number of fused-ring (bicyclic) bond motifs is 1. The molecular weight excluding hydrogens is 510 g/mol. The van der Waals surface area contributed by atoms with Gasteiger partial charge in [0.15, 0.2) is 5.82 Å². The molecule has 11 heteroatoms. The van der Waals surface area contributed by atoms with Gasteiger partial charge in [-0.05, 0) is 64.8 Å². The van der Waals surface area contributed by atoms with Gasteiger partial charge in [0.2, 0.25) is 11.9 Å². The van der Waals surface area contributed by atoms with Gasteiger partial charge in [-0.15, -0.1) is 0 Å². The van der Waals surface area contributed by atoms with Gasteiger partial charge >= 0.3 is 0 Å². The zero-order valence-electron chi connectivity index (χ0n) is 24.9. The largest absolute Gasteiger partial charge is 0.495 e. The van der Waals surface area contributed by atoms with E-state index >= 15 is 0 Å². The minimum Gasteiger partial charge on any atom is -0.495 e. The second kappa shape index (κ2) is 14.3. The maximum atomic E-state index is 12.9. The number of rotatable bonds is 14. The topological polar surface area (TPSA) is 123 Å². The summed E-state index contributed by atoms with van der Waals surface area (Å²) in [5, 5.41) is 15.7. The third-order valence-corrected chi connectivity index (χ3v) is 7.27. The van der Waals surface area contributed by atoms with Crippen LogP contribution in [0.25, 0.3) is 0 Å². The number of carbonyl (C=O) groups is 2. The second-order valence-electron chi connectivity index (χ2n) is 10.4. The summed E-state index contributed by atoms with van der Waals surface area (Å²) in [6, 6.07) is 5.07. The Morgan fingerprint density at radius 2 is 1.98 bits per heavy atom. The van der Waals surface area contributed by atoms with Crippen molar-refractivity contribution in [1.82, 2.24) is 20.2 Å². The van der Waals surface area contributed by atoms with Crippen molar-refractivity contribution >= 4 is 35.0 Å². The number of ether oxygens (including phenoxy) is 1. The van der Waals surface area contributed by atoms with E-state index < -0.39 is 0 Å². The smallest absolute Gasteiger partial charge is 0.251 e. The summed E-state index contributed by atoms with van der Waals surface area (Å²) in [6.45, 7) is 12.6. The van der Waals surface area contributed by atoms with Crippen LogP contribution in [0.3, 0.4) is 0 Å². The number of hydrogen-bond donors (Lipinski definition) is 3. The normalized spacial score (nSPS) is 15.8. The summed E-state index contributed by atoms with van der Waals surface area (Å²) < 4.78 is 5.58. The summed E-state index contributed by atoms with van der Waals surface area (Å²) >= 11 is 0. The van der Waals surface area contributed by atoms with Crippen molar-refractivity contribution in [3.05, 3.63) is 30.0 Å². The van der Waals surface area contributed by atoms with Gasteiger partial charge in [-0.3, -0.25) is 14.5 Å². The van der Waals surface area contributed by atoms with Gasteiger partial charge in [0.1, 0.15) is 17.5 Å². The van der Waals surface area contributed by atoms with Crippen molar-refractivity contribution in [3.8, 4) is 5.75 Å². The van der Waals surface area contributed by atoms with E-state index in [-0.39, 0.29) is 36.5 Å². The highest BCUT2D eigenvalue weighted by atomic mass is 16.5. The average molecular weight is 556 g/mol. The van der Waals surface area contributed by atoms with Gasteiger partial charge in [0.25, 0.3) is 5.91 Å². The molecule has 2 atom stereocenters. The lowest BCUT2D eigenvalue weighted by atomic mass is 10.1. The first kappa shape index (κ1) is 31.1. The zero-order valence-corrected chi connectivity index (χ0v) is 24.9. The number of anilines is 4. The molecule has 2 amide bonds. The number of methoxy groups -OCH3 is 1. The number of hydrogen-bond acceptors (Lipinski definition) is 9. The molecule has 220 valence electrons. The van der Waals surface area contributed by atoms with Crippen molar-refractivity contribution in [2.45, 2.75) is 72.0 Å². The van der Waals surface area contributed by atoms with Crippen LogP contribution in [-0.4, -0.2) is 90.3 Å². The number of amides is 2. The van der Waals surface area contributed by atoms with E-state index in [1.807, 2.05) is 32.6 Å². The van der Waals surface area contributed by atoms with E-state index in [1.54, 1.807) is 43.5 Å². The van der Waals surface area contributed by atoms with E-state index in [2.05, 4.69) is 27.4 Å². The number of likely N-dealkylation sites (N-methyl/N-ethyl adjacent to an activating group) is 1. The van der Waals surface area contributed by atoms with E-state index in [9.17, 15) is 14.7 Å². The summed E-state index contributed by atoms with van der Waals surface area (Å²) in [4.78, 5) is 40.9. The second-order valence-corrected chi connectivity index (χ2v) is 10.4. The number of aliphatic hydroxyl groups excluding tert-OH is 1.